The minimum absolute atomic E-state index is 0.0457. The maximum absolute atomic E-state index is 9.19. The van der Waals surface area contributed by atoms with Crippen LogP contribution in [0.3, 0.4) is 0 Å². The van der Waals surface area contributed by atoms with Gasteiger partial charge >= 0.3 is 0 Å². The van der Waals surface area contributed by atoms with Gasteiger partial charge in [0.15, 0.2) is 0 Å². The van der Waals surface area contributed by atoms with E-state index in [1.54, 1.807) is 0 Å². The monoisotopic (exact) mass is 290 g/mol. The van der Waals surface area contributed by atoms with E-state index in [-0.39, 0.29) is 5.41 Å². The molecule has 1 aromatic rings. The zero-order valence-electron chi connectivity index (χ0n) is 10.3. The average molecular weight is 291 g/mol. The maximum Gasteiger partial charge on any atom is 0.0995 e. The molecular weight excluding hydrogens is 276 g/mol. The molecule has 0 aliphatic rings. The molecule has 0 unspecified atom stereocenters. The van der Waals surface area contributed by atoms with Crippen LogP contribution in [0.4, 0.5) is 0 Å². The van der Waals surface area contributed by atoms with Gasteiger partial charge in [-0.2, -0.15) is 10.5 Å². The van der Waals surface area contributed by atoms with Gasteiger partial charge in [0.1, 0.15) is 0 Å². The van der Waals surface area contributed by atoms with E-state index in [4.69, 9.17) is 5.26 Å². The van der Waals surface area contributed by atoms with Crippen molar-refractivity contribution in [2.75, 3.05) is 0 Å². The first-order valence-electron chi connectivity index (χ1n) is 5.56. The van der Waals surface area contributed by atoms with Gasteiger partial charge in [-0.3, -0.25) is 0 Å². The summed E-state index contributed by atoms with van der Waals surface area (Å²) in [6, 6.07) is 8.18. The van der Waals surface area contributed by atoms with E-state index in [0.717, 1.165) is 22.0 Å². The van der Waals surface area contributed by atoms with Crippen molar-refractivity contribution < 1.29 is 0 Å². The zero-order chi connectivity index (χ0) is 13.1. The number of benzene rings is 1. The Morgan fingerprint density at radius 3 is 2.41 bits per heavy atom. The first-order chi connectivity index (χ1) is 7.96. The van der Waals surface area contributed by atoms with Crippen LogP contribution in [0.2, 0.25) is 0 Å². The van der Waals surface area contributed by atoms with Gasteiger partial charge in [-0.1, -0.05) is 42.8 Å². The van der Waals surface area contributed by atoms with Gasteiger partial charge < -0.3 is 0 Å². The van der Waals surface area contributed by atoms with E-state index in [2.05, 4.69) is 48.8 Å². The van der Waals surface area contributed by atoms with Gasteiger partial charge in [0.25, 0.3) is 0 Å². The molecule has 17 heavy (non-hydrogen) atoms. The summed E-state index contributed by atoms with van der Waals surface area (Å²) >= 11 is 3.41. The highest BCUT2D eigenvalue weighted by atomic mass is 79.9. The molecule has 0 heterocycles. The molecule has 0 N–H and O–H groups in total. The highest BCUT2D eigenvalue weighted by Gasteiger charge is 2.23. The molecule has 0 saturated heterocycles. The van der Waals surface area contributed by atoms with Gasteiger partial charge in [-0.05, 0) is 29.0 Å². The van der Waals surface area contributed by atoms with Crippen molar-refractivity contribution in [3.05, 3.63) is 33.3 Å². The number of rotatable bonds is 3. The van der Waals surface area contributed by atoms with E-state index in [0.29, 0.717) is 12.0 Å². The Bertz CT molecular complexity index is 504. The first kappa shape index (κ1) is 13.7. The highest BCUT2D eigenvalue weighted by Crippen LogP contribution is 2.33. The van der Waals surface area contributed by atoms with Crippen molar-refractivity contribution in [2.24, 2.45) is 0 Å². The predicted octanol–water partition coefficient (Wildman–Crippen LogP) is 4.07. The van der Waals surface area contributed by atoms with E-state index in [9.17, 15) is 5.26 Å². The molecule has 0 fully saturated rings. The molecular formula is C14H15BrN2. The summed E-state index contributed by atoms with van der Waals surface area (Å²) < 4.78 is 0.839. The Balaban J connectivity index is 3.44. The topological polar surface area (TPSA) is 47.6 Å². The van der Waals surface area contributed by atoms with Crippen LogP contribution >= 0.6 is 15.9 Å². The van der Waals surface area contributed by atoms with Gasteiger partial charge in [-0.25, -0.2) is 0 Å². The fraction of sp³-hybridized carbons (Fsp3) is 0.429. The van der Waals surface area contributed by atoms with Crippen LogP contribution in [0.25, 0.3) is 0 Å². The minimum Gasteiger partial charge on any atom is -0.198 e. The summed E-state index contributed by atoms with van der Waals surface area (Å²) in [5, 5.41) is 18.0. The van der Waals surface area contributed by atoms with Crippen molar-refractivity contribution in [3.63, 3.8) is 0 Å². The zero-order valence-corrected chi connectivity index (χ0v) is 11.9. The summed E-state index contributed by atoms with van der Waals surface area (Å²) in [6.45, 7) is 6.34. The second kappa shape index (κ2) is 5.34. The molecule has 0 amide bonds. The Kier molecular flexibility index (Phi) is 4.32. The van der Waals surface area contributed by atoms with Crippen LogP contribution in [0.5, 0.6) is 0 Å². The number of hydrogen-bond donors (Lipinski definition) is 0. The van der Waals surface area contributed by atoms with Crippen molar-refractivity contribution >= 4 is 15.9 Å². The minimum atomic E-state index is -0.0457. The van der Waals surface area contributed by atoms with Crippen LogP contribution in [-0.2, 0) is 11.8 Å². The van der Waals surface area contributed by atoms with Crippen LogP contribution < -0.4 is 0 Å². The smallest absolute Gasteiger partial charge is 0.0995 e. The number of nitriles is 2. The molecule has 3 heteroatoms. The lowest BCUT2D eigenvalue weighted by molar-refractivity contribution is 0.504. The molecule has 1 aromatic carbocycles. The van der Waals surface area contributed by atoms with Crippen molar-refractivity contribution in [2.45, 2.75) is 39.0 Å². The lowest BCUT2D eigenvalue weighted by Gasteiger charge is -2.25. The SMILES string of the molecule is CCC(C)(C)c1cc(CC#N)c(Br)cc1C#N. The summed E-state index contributed by atoms with van der Waals surface area (Å²) in [4.78, 5) is 0. The van der Waals surface area contributed by atoms with Crippen LogP contribution in [0.1, 0.15) is 43.9 Å². The third-order valence-corrected chi connectivity index (χ3v) is 3.93. The predicted molar refractivity (Wildman–Crippen MR) is 71.5 cm³/mol. The summed E-state index contributed by atoms with van der Waals surface area (Å²) in [6.07, 6.45) is 1.31. The largest absolute Gasteiger partial charge is 0.198 e. The number of halogens is 1. The Morgan fingerprint density at radius 1 is 1.29 bits per heavy atom. The van der Waals surface area contributed by atoms with Crippen molar-refractivity contribution in [3.8, 4) is 12.1 Å². The molecule has 0 bridgehead atoms. The molecule has 1 rings (SSSR count). The number of hydrogen-bond acceptors (Lipinski definition) is 2. The Labute approximate surface area is 111 Å². The molecule has 2 nitrogen and oxygen atoms in total. The van der Waals surface area contributed by atoms with E-state index in [1.807, 2.05) is 12.1 Å². The maximum atomic E-state index is 9.19. The lowest BCUT2D eigenvalue weighted by atomic mass is 9.79. The van der Waals surface area contributed by atoms with Crippen LogP contribution in [0.15, 0.2) is 16.6 Å². The van der Waals surface area contributed by atoms with Crippen LogP contribution in [-0.4, -0.2) is 0 Å². The highest BCUT2D eigenvalue weighted by molar-refractivity contribution is 9.10. The van der Waals surface area contributed by atoms with Crippen molar-refractivity contribution in [1.82, 2.24) is 0 Å². The van der Waals surface area contributed by atoms with Gasteiger partial charge in [-0.15, -0.1) is 0 Å². The van der Waals surface area contributed by atoms with Gasteiger partial charge in [0, 0.05) is 4.47 Å². The Morgan fingerprint density at radius 2 is 1.94 bits per heavy atom. The second-order valence-corrected chi connectivity index (χ2v) is 5.53. The summed E-state index contributed by atoms with van der Waals surface area (Å²) in [5.74, 6) is 0. The average Bonchev–Trinajstić information content (AvgIpc) is 2.31. The summed E-state index contributed by atoms with van der Waals surface area (Å²) in [5.41, 5.74) is 2.61. The van der Waals surface area contributed by atoms with Gasteiger partial charge in [0.2, 0.25) is 0 Å². The molecule has 0 atom stereocenters. The molecule has 0 aliphatic heterocycles. The van der Waals surface area contributed by atoms with E-state index < -0.39 is 0 Å². The normalized spacial score (nSPS) is 10.7. The fourth-order valence-electron chi connectivity index (χ4n) is 1.68. The quantitative estimate of drug-likeness (QED) is 0.842. The third kappa shape index (κ3) is 2.87. The molecule has 0 saturated carbocycles. The van der Waals surface area contributed by atoms with Crippen LogP contribution in [0, 0.1) is 22.7 Å². The van der Waals surface area contributed by atoms with Gasteiger partial charge in [0.05, 0.1) is 24.1 Å². The molecule has 0 spiro atoms. The van der Waals surface area contributed by atoms with E-state index in [1.165, 1.54) is 0 Å². The Hall–Kier alpha value is -1.32. The fourth-order valence-corrected chi connectivity index (χ4v) is 2.17. The van der Waals surface area contributed by atoms with E-state index >= 15 is 0 Å². The molecule has 0 radical (unpaired) electrons. The summed E-state index contributed by atoms with van der Waals surface area (Å²) in [7, 11) is 0. The third-order valence-electron chi connectivity index (χ3n) is 3.19. The van der Waals surface area contributed by atoms with Crippen molar-refractivity contribution in [1.29, 1.82) is 10.5 Å². The molecule has 0 aliphatic carbocycles. The number of nitrogens with zero attached hydrogens (tertiary/aromatic N) is 2. The lowest BCUT2D eigenvalue weighted by Crippen LogP contribution is -2.17. The second-order valence-electron chi connectivity index (χ2n) is 4.67. The standard InChI is InChI=1S/C14H15BrN2/c1-4-14(2,3)12-7-10(5-6-16)13(15)8-11(12)9-17/h7-8H,4-5H2,1-3H3. The molecule has 88 valence electrons. The first-order valence-corrected chi connectivity index (χ1v) is 6.35. The molecule has 0 aromatic heterocycles.